The summed E-state index contributed by atoms with van der Waals surface area (Å²) in [7, 11) is 0. The molecule has 2 heteroatoms. The molecule has 0 bridgehead atoms. The summed E-state index contributed by atoms with van der Waals surface area (Å²) in [5.74, 6) is 0. The third-order valence-corrected chi connectivity index (χ3v) is 1.87. The molecule has 1 aromatic carbocycles. The molecule has 0 fully saturated rings. The molecule has 0 aromatic heterocycles. The minimum absolute atomic E-state index is 0.579. The fourth-order valence-corrected chi connectivity index (χ4v) is 1.24. The largest absolute Gasteiger partial charge is 0.232 e. The van der Waals surface area contributed by atoms with Crippen molar-refractivity contribution in [3.05, 3.63) is 34.9 Å². The van der Waals surface area contributed by atoms with Gasteiger partial charge in [0.25, 0.3) is 0 Å². The van der Waals surface area contributed by atoms with Crippen molar-refractivity contribution in [3.8, 4) is 0 Å². The first kappa shape index (κ1) is 6.83. The third-order valence-electron chi connectivity index (χ3n) is 1.87. The lowest BCUT2D eigenvalue weighted by Crippen LogP contribution is -2.07. The number of hydrogen-bond donors (Lipinski definition) is 0. The molecule has 0 spiro atoms. The number of rotatable bonds is 0. The molecule has 1 aliphatic heterocycles. The van der Waals surface area contributed by atoms with Crippen molar-refractivity contribution in [2.75, 3.05) is 0 Å². The van der Waals surface area contributed by atoms with Gasteiger partial charge in [0.15, 0.2) is 0 Å². The van der Waals surface area contributed by atoms with Crippen molar-refractivity contribution in [2.24, 2.45) is 0 Å². The average molecular weight is 150 g/mol. The molecular formula is C9H10O2. The number of aryl methyl sites for hydroxylation is 1. The molecule has 0 aliphatic carbocycles. The summed E-state index contributed by atoms with van der Waals surface area (Å²) in [6.07, 6.45) is 0. The molecule has 1 heterocycles. The maximum atomic E-state index is 4.85. The second kappa shape index (κ2) is 2.64. The van der Waals surface area contributed by atoms with Crippen LogP contribution in [0.25, 0.3) is 0 Å². The summed E-state index contributed by atoms with van der Waals surface area (Å²) in [4.78, 5) is 9.69. The zero-order chi connectivity index (χ0) is 7.68. The van der Waals surface area contributed by atoms with Gasteiger partial charge >= 0.3 is 0 Å². The predicted molar refractivity (Wildman–Crippen MR) is 40.8 cm³/mol. The van der Waals surface area contributed by atoms with Crippen LogP contribution in [0.4, 0.5) is 0 Å². The van der Waals surface area contributed by atoms with Crippen molar-refractivity contribution in [2.45, 2.75) is 20.1 Å². The van der Waals surface area contributed by atoms with Gasteiger partial charge in [-0.2, -0.15) is 0 Å². The SMILES string of the molecule is Cc1ccc2c(c1)COOC2. The van der Waals surface area contributed by atoms with Gasteiger partial charge in [-0.3, -0.25) is 0 Å². The van der Waals surface area contributed by atoms with Gasteiger partial charge in [-0.05, 0) is 18.1 Å². The minimum atomic E-state index is 0.579. The second-order valence-electron chi connectivity index (χ2n) is 2.80. The quantitative estimate of drug-likeness (QED) is 0.526. The van der Waals surface area contributed by atoms with Gasteiger partial charge in [0.1, 0.15) is 13.2 Å². The van der Waals surface area contributed by atoms with E-state index in [-0.39, 0.29) is 0 Å². The summed E-state index contributed by atoms with van der Waals surface area (Å²) in [5.41, 5.74) is 3.76. The number of fused-ring (bicyclic) bond motifs is 1. The lowest BCUT2D eigenvalue weighted by molar-refractivity contribution is -0.322. The maximum absolute atomic E-state index is 4.85. The van der Waals surface area contributed by atoms with Crippen LogP contribution in [0.5, 0.6) is 0 Å². The van der Waals surface area contributed by atoms with E-state index in [0.29, 0.717) is 13.2 Å². The van der Waals surface area contributed by atoms with Crippen LogP contribution in [-0.4, -0.2) is 0 Å². The summed E-state index contributed by atoms with van der Waals surface area (Å²) >= 11 is 0. The first-order valence-electron chi connectivity index (χ1n) is 3.69. The third kappa shape index (κ3) is 1.27. The Morgan fingerprint density at radius 1 is 1.09 bits per heavy atom. The van der Waals surface area contributed by atoms with Gasteiger partial charge < -0.3 is 0 Å². The van der Waals surface area contributed by atoms with Crippen molar-refractivity contribution in [3.63, 3.8) is 0 Å². The number of hydrogen-bond acceptors (Lipinski definition) is 2. The summed E-state index contributed by atoms with van der Waals surface area (Å²) in [6, 6.07) is 6.32. The van der Waals surface area contributed by atoms with Gasteiger partial charge in [0.2, 0.25) is 0 Å². The number of benzene rings is 1. The standard InChI is InChI=1S/C9H10O2/c1-7-2-3-8-5-10-11-6-9(8)4-7/h2-4H,5-6H2,1H3. The molecule has 11 heavy (non-hydrogen) atoms. The van der Waals surface area contributed by atoms with E-state index in [1.165, 1.54) is 16.7 Å². The van der Waals surface area contributed by atoms with E-state index in [1.807, 2.05) is 0 Å². The van der Waals surface area contributed by atoms with Crippen LogP contribution in [0.1, 0.15) is 16.7 Å². The molecule has 0 saturated heterocycles. The van der Waals surface area contributed by atoms with E-state index >= 15 is 0 Å². The van der Waals surface area contributed by atoms with Crippen LogP contribution >= 0.6 is 0 Å². The normalized spacial score (nSPS) is 16.1. The van der Waals surface area contributed by atoms with Crippen LogP contribution in [0.2, 0.25) is 0 Å². The Bertz CT molecular complexity index is 268. The highest BCUT2D eigenvalue weighted by Crippen LogP contribution is 2.18. The monoisotopic (exact) mass is 150 g/mol. The molecule has 1 aliphatic rings. The molecule has 0 atom stereocenters. The van der Waals surface area contributed by atoms with Crippen LogP contribution in [-0.2, 0) is 23.0 Å². The zero-order valence-corrected chi connectivity index (χ0v) is 6.46. The summed E-state index contributed by atoms with van der Waals surface area (Å²) in [6.45, 7) is 3.24. The highest BCUT2D eigenvalue weighted by atomic mass is 17.2. The molecule has 2 nitrogen and oxygen atoms in total. The molecule has 1 aromatic rings. The second-order valence-corrected chi connectivity index (χ2v) is 2.80. The van der Waals surface area contributed by atoms with Crippen molar-refractivity contribution < 1.29 is 9.78 Å². The Kier molecular flexibility index (Phi) is 1.64. The van der Waals surface area contributed by atoms with Crippen LogP contribution in [0.15, 0.2) is 18.2 Å². The Morgan fingerprint density at radius 3 is 2.64 bits per heavy atom. The summed E-state index contributed by atoms with van der Waals surface area (Å²) in [5, 5.41) is 0. The van der Waals surface area contributed by atoms with E-state index in [4.69, 9.17) is 9.78 Å². The van der Waals surface area contributed by atoms with E-state index in [1.54, 1.807) is 0 Å². The van der Waals surface area contributed by atoms with Crippen molar-refractivity contribution in [1.29, 1.82) is 0 Å². The molecule has 0 saturated carbocycles. The molecule has 0 unspecified atom stereocenters. The Labute approximate surface area is 65.7 Å². The average Bonchev–Trinajstić information content (AvgIpc) is 2.04. The van der Waals surface area contributed by atoms with Crippen LogP contribution in [0.3, 0.4) is 0 Å². The van der Waals surface area contributed by atoms with Crippen LogP contribution < -0.4 is 0 Å². The highest BCUT2D eigenvalue weighted by molar-refractivity contribution is 5.30. The van der Waals surface area contributed by atoms with Gasteiger partial charge in [-0.1, -0.05) is 23.8 Å². The zero-order valence-electron chi connectivity index (χ0n) is 6.46. The van der Waals surface area contributed by atoms with Gasteiger partial charge in [-0.25, -0.2) is 9.78 Å². The topological polar surface area (TPSA) is 18.5 Å². The lowest BCUT2D eigenvalue weighted by atomic mass is 10.1. The summed E-state index contributed by atoms with van der Waals surface area (Å²) < 4.78 is 0. The maximum Gasteiger partial charge on any atom is 0.108 e. The fraction of sp³-hybridized carbons (Fsp3) is 0.333. The van der Waals surface area contributed by atoms with Gasteiger partial charge in [0, 0.05) is 0 Å². The van der Waals surface area contributed by atoms with Gasteiger partial charge in [0.05, 0.1) is 0 Å². The highest BCUT2D eigenvalue weighted by Gasteiger charge is 2.08. The fourth-order valence-electron chi connectivity index (χ4n) is 1.24. The lowest BCUT2D eigenvalue weighted by Gasteiger charge is -2.15. The van der Waals surface area contributed by atoms with E-state index in [9.17, 15) is 0 Å². The molecule has 0 N–H and O–H groups in total. The molecule has 2 rings (SSSR count). The van der Waals surface area contributed by atoms with E-state index < -0.39 is 0 Å². The first-order chi connectivity index (χ1) is 5.36. The smallest absolute Gasteiger partial charge is 0.108 e. The van der Waals surface area contributed by atoms with E-state index in [0.717, 1.165) is 0 Å². The Hall–Kier alpha value is -0.860. The minimum Gasteiger partial charge on any atom is -0.232 e. The molecule has 0 amide bonds. The Morgan fingerprint density at radius 2 is 1.82 bits per heavy atom. The Balaban J connectivity index is 2.43. The first-order valence-corrected chi connectivity index (χ1v) is 3.69. The predicted octanol–water partition coefficient (Wildman–Crippen LogP) is 1.96. The van der Waals surface area contributed by atoms with Crippen LogP contribution in [0, 0.1) is 6.92 Å². The van der Waals surface area contributed by atoms with Crippen molar-refractivity contribution in [1.82, 2.24) is 0 Å². The molecule has 0 radical (unpaired) electrons. The molecule has 58 valence electrons. The molecular weight excluding hydrogens is 140 g/mol. The van der Waals surface area contributed by atoms with Crippen molar-refractivity contribution >= 4 is 0 Å². The van der Waals surface area contributed by atoms with Gasteiger partial charge in [-0.15, -0.1) is 0 Å². The van der Waals surface area contributed by atoms with E-state index in [2.05, 4.69) is 25.1 Å².